The number of hydrogen-bond acceptors (Lipinski definition) is 8. The molecule has 0 radical (unpaired) electrons. The summed E-state index contributed by atoms with van der Waals surface area (Å²) in [5, 5.41) is 10.3. The van der Waals surface area contributed by atoms with E-state index in [4.69, 9.17) is 15.0 Å². The van der Waals surface area contributed by atoms with E-state index in [0.717, 1.165) is 11.7 Å². The predicted molar refractivity (Wildman–Crippen MR) is 74.8 cm³/mol. The third-order valence-electron chi connectivity index (χ3n) is 3.32. The Morgan fingerprint density at radius 2 is 2.27 bits per heavy atom. The Bertz CT molecular complexity index is 636. The van der Waals surface area contributed by atoms with Gasteiger partial charge >= 0.3 is 13.5 Å². The first-order chi connectivity index (χ1) is 10.3. The molecule has 2 rings (SSSR count). The van der Waals surface area contributed by atoms with E-state index in [1.165, 1.54) is 12.3 Å². The fourth-order valence-electron chi connectivity index (χ4n) is 2.22. The normalized spacial score (nSPS) is 31.1. The summed E-state index contributed by atoms with van der Waals surface area (Å²) in [6.07, 6.45) is -2.58. The quantitative estimate of drug-likeness (QED) is 0.613. The largest absolute Gasteiger partial charge is 0.472 e. The number of aliphatic hydroxyl groups excluding tert-OH is 1. The molecule has 22 heavy (non-hydrogen) atoms. The van der Waals surface area contributed by atoms with Crippen LogP contribution in [-0.2, 0) is 18.3 Å². The average molecular weight is 335 g/mol. The van der Waals surface area contributed by atoms with Gasteiger partial charge in [0.05, 0.1) is 6.10 Å². The molecule has 0 amide bonds. The van der Waals surface area contributed by atoms with Crippen molar-refractivity contribution in [2.24, 2.45) is 0 Å². The van der Waals surface area contributed by atoms with Gasteiger partial charge in [-0.25, -0.2) is 9.36 Å². The lowest BCUT2D eigenvalue weighted by atomic mass is 10.1. The van der Waals surface area contributed by atoms with Gasteiger partial charge in [-0.2, -0.15) is 4.98 Å². The Hall–Kier alpha value is -1.29. The molecule has 124 valence electrons. The average Bonchev–Trinajstić information content (AvgIpc) is 2.76. The highest BCUT2D eigenvalue weighted by molar-refractivity contribution is 7.47. The van der Waals surface area contributed by atoms with Crippen LogP contribution >= 0.6 is 7.82 Å². The number of hydrogen-bond donors (Lipinski definition) is 3. The highest BCUT2D eigenvalue weighted by atomic mass is 31.2. The molecule has 11 heteroatoms. The van der Waals surface area contributed by atoms with Crippen molar-refractivity contribution in [1.82, 2.24) is 9.55 Å². The molecule has 0 aliphatic carbocycles. The molecule has 10 nitrogen and oxygen atoms in total. The molecule has 5 atom stereocenters. The lowest BCUT2D eigenvalue weighted by Crippen LogP contribution is -2.36. The second-order valence-corrected chi connectivity index (χ2v) is 6.24. The Labute approximate surface area is 126 Å². The van der Waals surface area contributed by atoms with Crippen molar-refractivity contribution < 1.29 is 28.3 Å². The summed E-state index contributed by atoms with van der Waals surface area (Å²) in [5.41, 5.74) is 4.69. The predicted octanol–water partition coefficient (Wildman–Crippen LogP) is -0.374. The van der Waals surface area contributed by atoms with E-state index in [1.54, 1.807) is 6.92 Å². The maximum atomic E-state index is 11.8. The van der Waals surface area contributed by atoms with Gasteiger partial charge in [-0.05, 0) is 12.5 Å². The Kier molecular flexibility index (Phi) is 5.00. The summed E-state index contributed by atoms with van der Waals surface area (Å²) >= 11 is 0. The van der Waals surface area contributed by atoms with Gasteiger partial charge in [0.25, 0.3) is 0 Å². The number of aliphatic hydroxyl groups is 1. The second kappa shape index (κ2) is 6.45. The lowest BCUT2D eigenvalue weighted by molar-refractivity contribution is -0.0403. The summed E-state index contributed by atoms with van der Waals surface area (Å²) in [4.78, 5) is 24.8. The van der Waals surface area contributed by atoms with Gasteiger partial charge < -0.3 is 20.5 Å². The highest BCUT2D eigenvalue weighted by Crippen LogP contribution is 2.47. The van der Waals surface area contributed by atoms with E-state index in [2.05, 4.69) is 9.51 Å². The van der Waals surface area contributed by atoms with Crippen LogP contribution in [0.15, 0.2) is 17.1 Å². The van der Waals surface area contributed by atoms with Crippen LogP contribution in [0.1, 0.15) is 19.6 Å². The maximum absolute atomic E-state index is 11.8. The summed E-state index contributed by atoms with van der Waals surface area (Å²) < 4.78 is 27.4. The van der Waals surface area contributed by atoms with Crippen LogP contribution in [0, 0.1) is 0 Å². The molecular formula is C11H18N3O7P. The van der Waals surface area contributed by atoms with Crippen molar-refractivity contribution in [3.63, 3.8) is 0 Å². The SMILES string of the molecule is CC[C@H]1O[C@@H](n2ccc(N)nc2=O)C(O)[C@H]1OP(=O)(O)OC. The number of phosphoric ester groups is 1. The molecule has 1 aliphatic heterocycles. The molecule has 1 aromatic rings. The van der Waals surface area contributed by atoms with E-state index < -0.39 is 38.1 Å². The zero-order valence-corrected chi connectivity index (χ0v) is 12.9. The Morgan fingerprint density at radius 3 is 2.82 bits per heavy atom. The van der Waals surface area contributed by atoms with E-state index >= 15 is 0 Å². The summed E-state index contributed by atoms with van der Waals surface area (Å²) in [7, 11) is -3.30. The smallest absolute Gasteiger partial charge is 0.386 e. The van der Waals surface area contributed by atoms with Crippen LogP contribution in [0.5, 0.6) is 0 Å². The molecule has 0 bridgehead atoms. The second-order valence-electron chi connectivity index (χ2n) is 4.73. The van der Waals surface area contributed by atoms with Gasteiger partial charge in [0.2, 0.25) is 0 Å². The summed E-state index contributed by atoms with van der Waals surface area (Å²) in [6, 6.07) is 1.37. The topological polar surface area (TPSA) is 146 Å². The summed E-state index contributed by atoms with van der Waals surface area (Å²) in [6.45, 7) is 1.75. The number of nitrogens with two attached hydrogens (primary N) is 1. The Morgan fingerprint density at radius 1 is 1.59 bits per heavy atom. The maximum Gasteiger partial charge on any atom is 0.472 e. The van der Waals surface area contributed by atoms with E-state index in [-0.39, 0.29) is 5.82 Å². The number of phosphoric acid groups is 1. The van der Waals surface area contributed by atoms with Crippen LogP contribution in [0.25, 0.3) is 0 Å². The molecule has 1 fully saturated rings. The van der Waals surface area contributed by atoms with Gasteiger partial charge in [-0.15, -0.1) is 0 Å². The highest BCUT2D eigenvalue weighted by Gasteiger charge is 2.48. The zero-order chi connectivity index (χ0) is 16.5. The first-order valence-electron chi connectivity index (χ1n) is 6.54. The fourth-order valence-corrected chi connectivity index (χ4v) is 2.88. The van der Waals surface area contributed by atoms with Crippen LogP contribution in [0.2, 0.25) is 0 Å². The third kappa shape index (κ3) is 3.37. The van der Waals surface area contributed by atoms with Crippen molar-refractivity contribution in [3.8, 4) is 0 Å². The molecule has 4 N–H and O–H groups in total. The fraction of sp³-hybridized carbons (Fsp3) is 0.636. The minimum atomic E-state index is -4.31. The number of aromatic nitrogens is 2. The van der Waals surface area contributed by atoms with Gasteiger partial charge in [0, 0.05) is 13.3 Å². The van der Waals surface area contributed by atoms with Crippen LogP contribution in [0.3, 0.4) is 0 Å². The molecule has 1 aliphatic rings. The standard InChI is InChI=1S/C11H18N3O7P/c1-3-6-9(21-22(17,18)19-2)8(15)10(20-6)14-5-4-7(12)13-11(14)16/h4-6,8-10,15H,3H2,1-2H3,(H,17,18)(H2,12,13,16)/t6-,8?,9+,10-/m1/s1. The van der Waals surface area contributed by atoms with Crippen LogP contribution < -0.4 is 11.4 Å². The van der Waals surface area contributed by atoms with Crippen LogP contribution in [0.4, 0.5) is 5.82 Å². The van der Waals surface area contributed by atoms with Crippen molar-refractivity contribution >= 4 is 13.6 Å². The van der Waals surface area contributed by atoms with E-state index in [1.807, 2.05) is 0 Å². The molecule has 1 saturated heterocycles. The number of rotatable bonds is 5. The van der Waals surface area contributed by atoms with E-state index in [9.17, 15) is 19.4 Å². The third-order valence-corrected chi connectivity index (χ3v) is 4.29. The Balaban J connectivity index is 2.29. The number of anilines is 1. The van der Waals surface area contributed by atoms with Crippen LogP contribution in [-0.4, -0.2) is 45.0 Å². The van der Waals surface area contributed by atoms with Gasteiger partial charge in [0.15, 0.2) is 6.23 Å². The minimum Gasteiger partial charge on any atom is -0.386 e. The molecular weight excluding hydrogens is 317 g/mol. The molecule has 0 saturated carbocycles. The summed E-state index contributed by atoms with van der Waals surface area (Å²) in [5.74, 6) is 0.0350. The van der Waals surface area contributed by atoms with Gasteiger partial charge in [-0.3, -0.25) is 13.6 Å². The van der Waals surface area contributed by atoms with Gasteiger partial charge in [-0.1, -0.05) is 6.92 Å². The van der Waals surface area contributed by atoms with Gasteiger partial charge in [0.1, 0.15) is 18.0 Å². The zero-order valence-electron chi connectivity index (χ0n) is 12.0. The molecule has 2 heterocycles. The molecule has 1 aromatic heterocycles. The van der Waals surface area contributed by atoms with Crippen molar-refractivity contribution in [2.45, 2.75) is 37.9 Å². The number of nitrogens with zero attached hydrogens (tertiary/aromatic N) is 2. The number of ether oxygens (including phenoxy) is 1. The van der Waals surface area contributed by atoms with E-state index in [0.29, 0.717) is 6.42 Å². The molecule has 0 spiro atoms. The minimum absolute atomic E-state index is 0.0350. The first-order valence-corrected chi connectivity index (χ1v) is 8.03. The lowest BCUT2D eigenvalue weighted by Gasteiger charge is -2.21. The first kappa shape index (κ1) is 17.1. The molecule has 2 unspecified atom stereocenters. The number of nitrogen functional groups attached to an aromatic ring is 1. The monoisotopic (exact) mass is 335 g/mol. The molecule has 0 aromatic carbocycles. The van der Waals surface area contributed by atoms with Crippen molar-refractivity contribution in [3.05, 3.63) is 22.7 Å². The van der Waals surface area contributed by atoms with Crippen molar-refractivity contribution in [2.75, 3.05) is 12.8 Å². The van der Waals surface area contributed by atoms with Crippen molar-refractivity contribution in [1.29, 1.82) is 0 Å².